The summed E-state index contributed by atoms with van der Waals surface area (Å²) in [6.45, 7) is 1.98. The third kappa shape index (κ3) is 3.27. The van der Waals surface area contributed by atoms with E-state index in [1.54, 1.807) is 30.3 Å². The van der Waals surface area contributed by atoms with E-state index in [1.807, 2.05) is 6.92 Å². The van der Waals surface area contributed by atoms with Crippen LogP contribution in [0.1, 0.15) is 16.7 Å². The van der Waals surface area contributed by atoms with Crippen LogP contribution in [-0.2, 0) is 6.61 Å². The van der Waals surface area contributed by atoms with Gasteiger partial charge in [0.2, 0.25) is 0 Å². The van der Waals surface area contributed by atoms with Crippen LogP contribution in [0.5, 0.6) is 5.75 Å². The summed E-state index contributed by atoms with van der Waals surface area (Å²) in [7, 11) is 0. The molecule has 2 aromatic rings. The third-order valence-electron chi connectivity index (χ3n) is 2.88. The number of amidine groups is 1. The van der Waals surface area contributed by atoms with Crippen LogP contribution in [-0.4, -0.2) is 5.84 Å². The molecule has 0 aliphatic carbocycles. The van der Waals surface area contributed by atoms with Crippen molar-refractivity contribution in [2.24, 2.45) is 5.73 Å². The second-order valence-electron chi connectivity index (χ2n) is 4.42. The molecule has 2 aromatic carbocycles. The highest BCUT2D eigenvalue weighted by molar-refractivity contribution is 6.30. The monoisotopic (exact) mass is 292 g/mol. The lowest BCUT2D eigenvalue weighted by molar-refractivity contribution is 0.298. The van der Waals surface area contributed by atoms with Crippen LogP contribution in [0.4, 0.5) is 4.39 Å². The molecule has 5 heteroatoms. The molecular weight excluding hydrogens is 279 g/mol. The molecule has 0 aliphatic heterocycles. The first-order chi connectivity index (χ1) is 9.47. The van der Waals surface area contributed by atoms with Crippen LogP contribution in [0.15, 0.2) is 36.4 Å². The van der Waals surface area contributed by atoms with Gasteiger partial charge in [0.05, 0.1) is 0 Å². The lowest BCUT2D eigenvalue weighted by Crippen LogP contribution is -2.12. The summed E-state index contributed by atoms with van der Waals surface area (Å²) in [6, 6.07) is 9.65. The van der Waals surface area contributed by atoms with Crippen molar-refractivity contribution < 1.29 is 9.13 Å². The van der Waals surface area contributed by atoms with Crippen molar-refractivity contribution in [2.45, 2.75) is 13.5 Å². The first-order valence-corrected chi connectivity index (χ1v) is 6.37. The number of ether oxygens (including phenoxy) is 1. The molecule has 0 bridgehead atoms. The minimum atomic E-state index is -0.440. The molecule has 0 aliphatic rings. The number of nitrogens with one attached hydrogen (secondary N) is 1. The molecule has 0 aromatic heterocycles. The van der Waals surface area contributed by atoms with E-state index in [4.69, 9.17) is 27.5 Å². The van der Waals surface area contributed by atoms with Gasteiger partial charge in [0.15, 0.2) is 0 Å². The van der Waals surface area contributed by atoms with Crippen LogP contribution < -0.4 is 10.5 Å². The average Bonchev–Trinajstić information content (AvgIpc) is 2.38. The Morgan fingerprint density at radius 2 is 2.05 bits per heavy atom. The molecule has 0 amide bonds. The average molecular weight is 293 g/mol. The van der Waals surface area contributed by atoms with Gasteiger partial charge in [0.25, 0.3) is 0 Å². The number of rotatable bonds is 4. The normalized spacial score (nSPS) is 10.3. The highest BCUT2D eigenvalue weighted by Gasteiger charge is 2.07. The van der Waals surface area contributed by atoms with E-state index in [0.29, 0.717) is 21.9 Å². The van der Waals surface area contributed by atoms with E-state index in [1.165, 1.54) is 6.07 Å². The van der Waals surface area contributed by atoms with E-state index in [-0.39, 0.29) is 12.4 Å². The molecule has 2 rings (SSSR count). The highest BCUT2D eigenvalue weighted by Crippen LogP contribution is 2.23. The van der Waals surface area contributed by atoms with Gasteiger partial charge < -0.3 is 10.5 Å². The Morgan fingerprint density at radius 1 is 1.30 bits per heavy atom. The maximum Gasteiger partial charge on any atom is 0.130 e. The fraction of sp³-hybridized carbons (Fsp3) is 0.133. The molecule has 0 saturated carbocycles. The smallest absolute Gasteiger partial charge is 0.130 e. The molecule has 0 spiro atoms. The molecule has 20 heavy (non-hydrogen) atoms. The first kappa shape index (κ1) is 14.3. The first-order valence-electron chi connectivity index (χ1n) is 5.99. The van der Waals surface area contributed by atoms with Crippen molar-refractivity contribution in [1.82, 2.24) is 0 Å². The summed E-state index contributed by atoms with van der Waals surface area (Å²) in [5, 5.41) is 7.89. The van der Waals surface area contributed by atoms with Crippen molar-refractivity contribution in [3.8, 4) is 5.75 Å². The molecule has 0 heterocycles. The Labute approximate surface area is 121 Å². The topological polar surface area (TPSA) is 59.1 Å². The van der Waals surface area contributed by atoms with Gasteiger partial charge in [-0.3, -0.25) is 5.41 Å². The van der Waals surface area contributed by atoms with E-state index in [2.05, 4.69) is 0 Å². The van der Waals surface area contributed by atoms with Gasteiger partial charge in [-0.25, -0.2) is 4.39 Å². The third-order valence-corrected chi connectivity index (χ3v) is 3.12. The summed E-state index contributed by atoms with van der Waals surface area (Å²) in [6.07, 6.45) is 0. The van der Waals surface area contributed by atoms with Crippen molar-refractivity contribution in [3.05, 3.63) is 63.9 Å². The summed E-state index contributed by atoms with van der Waals surface area (Å²) in [4.78, 5) is 0. The predicted molar refractivity (Wildman–Crippen MR) is 77.9 cm³/mol. The summed E-state index contributed by atoms with van der Waals surface area (Å²) in [5.74, 6) is 0.0543. The number of benzene rings is 2. The van der Waals surface area contributed by atoms with Gasteiger partial charge in [0.1, 0.15) is 24.0 Å². The molecule has 3 nitrogen and oxygen atoms in total. The maximum atomic E-state index is 13.8. The van der Waals surface area contributed by atoms with Gasteiger partial charge in [-0.05, 0) is 36.8 Å². The second-order valence-corrected chi connectivity index (χ2v) is 4.85. The van der Waals surface area contributed by atoms with E-state index in [0.717, 1.165) is 5.56 Å². The van der Waals surface area contributed by atoms with Gasteiger partial charge in [-0.15, -0.1) is 0 Å². The molecule has 0 saturated heterocycles. The van der Waals surface area contributed by atoms with Crippen LogP contribution in [0, 0.1) is 18.2 Å². The number of nitrogen functional groups attached to an aromatic ring is 1. The van der Waals surface area contributed by atoms with E-state index < -0.39 is 5.82 Å². The Hall–Kier alpha value is -2.07. The van der Waals surface area contributed by atoms with Crippen LogP contribution in [0.25, 0.3) is 0 Å². The molecule has 104 valence electrons. The summed E-state index contributed by atoms with van der Waals surface area (Å²) < 4.78 is 19.4. The fourth-order valence-electron chi connectivity index (χ4n) is 1.76. The maximum absolute atomic E-state index is 13.8. The minimum Gasteiger partial charge on any atom is -0.489 e. The van der Waals surface area contributed by atoms with E-state index >= 15 is 0 Å². The Bertz CT molecular complexity index is 658. The Kier molecular flexibility index (Phi) is 4.25. The number of aryl methyl sites for hydroxylation is 1. The number of nitrogens with two attached hydrogens (primary N) is 1. The quantitative estimate of drug-likeness (QED) is 0.667. The van der Waals surface area contributed by atoms with Crippen molar-refractivity contribution in [3.63, 3.8) is 0 Å². The van der Waals surface area contributed by atoms with Crippen LogP contribution in [0.3, 0.4) is 0 Å². The van der Waals surface area contributed by atoms with Crippen molar-refractivity contribution in [2.75, 3.05) is 0 Å². The Morgan fingerprint density at radius 3 is 2.65 bits per heavy atom. The molecule has 0 radical (unpaired) electrons. The van der Waals surface area contributed by atoms with Gasteiger partial charge in [0, 0.05) is 16.1 Å². The molecule has 0 unspecified atom stereocenters. The number of hydrogen-bond acceptors (Lipinski definition) is 2. The summed E-state index contributed by atoms with van der Waals surface area (Å²) in [5.41, 5.74) is 6.95. The fourth-order valence-corrected chi connectivity index (χ4v) is 1.99. The number of halogens is 2. The van der Waals surface area contributed by atoms with Crippen molar-refractivity contribution in [1.29, 1.82) is 5.41 Å². The highest BCUT2D eigenvalue weighted by atomic mass is 35.5. The molecular formula is C15H14ClFN2O. The van der Waals surface area contributed by atoms with Gasteiger partial charge >= 0.3 is 0 Å². The largest absolute Gasteiger partial charge is 0.489 e. The molecule has 0 atom stereocenters. The Balaban J connectivity index is 2.13. The van der Waals surface area contributed by atoms with Crippen LogP contribution >= 0.6 is 11.6 Å². The van der Waals surface area contributed by atoms with Crippen LogP contribution in [0.2, 0.25) is 5.02 Å². The SMILES string of the molecule is Cc1cc(Cl)ccc1OCc1ccc(C(=N)N)cc1F. The molecule has 3 N–H and O–H groups in total. The lowest BCUT2D eigenvalue weighted by Gasteiger charge is -2.10. The zero-order valence-corrected chi connectivity index (χ0v) is 11.7. The predicted octanol–water partition coefficient (Wildman–Crippen LogP) is 3.65. The zero-order chi connectivity index (χ0) is 14.7. The minimum absolute atomic E-state index is 0.104. The second kappa shape index (κ2) is 5.92. The van der Waals surface area contributed by atoms with E-state index in [9.17, 15) is 4.39 Å². The summed E-state index contributed by atoms with van der Waals surface area (Å²) >= 11 is 5.86. The van der Waals surface area contributed by atoms with Gasteiger partial charge in [-0.1, -0.05) is 23.7 Å². The number of hydrogen-bond donors (Lipinski definition) is 2. The van der Waals surface area contributed by atoms with Gasteiger partial charge in [-0.2, -0.15) is 0 Å². The molecule has 0 fully saturated rings. The van der Waals surface area contributed by atoms with Crippen molar-refractivity contribution >= 4 is 17.4 Å². The zero-order valence-electron chi connectivity index (χ0n) is 10.9. The standard InChI is InChI=1S/C15H14ClFN2O/c1-9-6-12(16)4-5-14(9)20-8-11-3-2-10(15(18)19)7-13(11)17/h2-7H,8H2,1H3,(H3,18,19). The lowest BCUT2D eigenvalue weighted by atomic mass is 10.1.